The van der Waals surface area contributed by atoms with Crippen molar-refractivity contribution in [2.45, 2.75) is 38.4 Å². The normalized spacial score (nSPS) is 14.8. The molecule has 26 heavy (non-hydrogen) atoms. The van der Waals surface area contributed by atoms with Crippen LogP contribution in [0.2, 0.25) is 0 Å². The molecule has 0 spiro atoms. The summed E-state index contributed by atoms with van der Waals surface area (Å²) >= 11 is 1.02. The molecule has 2 atom stereocenters. The molecule has 4 nitrogen and oxygen atoms in total. The van der Waals surface area contributed by atoms with Gasteiger partial charge >= 0.3 is 6.18 Å². The van der Waals surface area contributed by atoms with Crippen molar-refractivity contribution in [3.8, 4) is 0 Å². The highest BCUT2D eigenvalue weighted by Gasteiger charge is 2.33. The summed E-state index contributed by atoms with van der Waals surface area (Å²) in [6.07, 6.45) is -3.98. The third-order valence-corrected chi connectivity index (χ3v) is 5.05. The van der Waals surface area contributed by atoms with Crippen LogP contribution >= 0.6 is 11.3 Å². The number of guanidine groups is 1. The van der Waals surface area contributed by atoms with Crippen LogP contribution in [0.15, 0.2) is 40.7 Å². The van der Waals surface area contributed by atoms with E-state index in [0.717, 1.165) is 16.7 Å². The fourth-order valence-corrected chi connectivity index (χ4v) is 3.23. The molecule has 2 aromatic rings. The number of alkyl halides is 3. The number of hydrogen-bond acceptors (Lipinski definition) is 3. The number of thiazole rings is 1. The molecule has 1 aromatic heterocycles. The van der Waals surface area contributed by atoms with Crippen LogP contribution in [-0.4, -0.2) is 30.6 Å². The van der Waals surface area contributed by atoms with Gasteiger partial charge in [-0.05, 0) is 12.5 Å². The second kappa shape index (κ2) is 9.02. The molecule has 0 aliphatic heterocycles. The molecule has 0 fully saturated rings. The minimum absolute atomic E-state index is 0.139. The molecule has 1 heterocycles. The summed E-state index contributed by atoms with van der Waals surface area (Å²) in [5.41, 5.74) is 0.399. The predicted molar refractivity (Wildman–Crippen MR) is 99.6 cm³/mol. The zero-order valence-electron chi connectivity index (χ0n) is 15.0. The molecule has 0 radical (unpaired) electrons. The molecular weight excluding hydrogens is 361 g/mol. The van der Waals surface area contributed by atoms with E-state index in [0.29, 0.717) is 23.9 Å². The summed E-state index contributed by atoms with van der Waals surface area (Å²) in [4.78, 5) is 7.80. The third-order valence-electron chi connectivity index (χ3n) is 4.14. The first-order chi connectivity index (χ1) is 12.3. The van der Waals surface area contributed by atoms with E-state index in [1.807, 2.05) is 18.2 Å². The molecule has 2 unspecified atom stereocenters. The van der Waals surface area contributed by atoms with Gasteiger partial charge in [0, 0.05) is 37.4 Å². The van der Waals surface area contributed by atoms with Crippen LogP contribution in [-0.2, 0) is 12.6 Å². The fourth-order valence-electron chi connectivity index (χ4n) is 2.42. The van der Waals surface area contributed by atoms with E-state index in [9.17, 15) is 13.2 Å². The monoisotopic (exact) mass is 384 g/mol. The number of halogens is 3. The van der Waals surface area contributed by atoms with Crippen molar-refractivity contribution >= 4 is 17.3 Å². The maximum absolute atomic E-state index is 12.6. The summed E-state index contributed by atoms with van der Waals surface area (Å²) in [5, 5.41) is 7.95. The summed E-state index contributed by atoms with van der Waals surface area (Å²) in [6, 6.07) is 10.3. The van der Waals surface area contributed by atoms with E-state index < -0.39 is 11.9 Å². The van der Waals surface area contributed by atoms with Gasteiger partial charge in [-0.2, -0.15) is 13.2 Å². The van der Waals surface area contributed by atoms with Crippen molar-refractivity contribution in [2.75, 3.05) is 13.6 Å². The lowest BCUT2D eigenvalue weighted by molar-refractivity contribution is -0.140. The van der Waals surface area contributed by atoms with E-state index in [4.69, 9.17) is 0 Å². The molecule has 1 aromatic carbocycles. The van der Waals surface area contributed by atoms with Crippen molar-refractivity contribution < 1.29 is 13.2 Å². The SMILES string of the molecule is CN=C(NCCc1nc(C(F)(F)F)cs1)NC(C)C(C)c1ccccc1. The van der Waals surface area contributed by atoms with Crippen LogP contribution in [0.3, 0.4) is 0 Å². The number of benzene rings is 1. The highest BCUT2D eigenvalue weighted by molar-refractivity contribution is 7.09. The first-order valence-corrected chi connectivity index (χ1v) is 9.23. The molecule has 0 aliphatic rings. The number of aliphatic imine (C=N–C) groups is 1. The zero-order valence-corrected chi connectivity index (χ0v) is 15.8. The smallest absolute Gasteiger partial charge is 0.356 e. The van der Waals surface area contributed by atoms with Crippen molar-refractivity contribution in [3.05, 3.63) is 52.0 Å². The number of rotatable bonds is 6. The Hall–Kier alpha value is -2.09. The molecule has 2 N–H and O–H groups in total. The van der Waals surface area contributed by atoms with E-state index in [1.165, 1.54) is 5.56 Å². The Kier molecular flexibility index (Phi) is 7.02. The summed E-state index contributed by atoms with van der Waals surface area (Å²) in [5.74, 6) is 0.899. The maximum atomic E-state index is 12.6. The molecule has 2 rings (SSSR count). The average molecular weight is 384 g/mol. The van der Waals surface area contributed by atoms with Gasteiger partial charge in [0.05, 0.1) is 5.01 Å². The molecule has 142 valence electrons. The van der Waals surface area contributed by atoms with Gasteiger partial charge in [0.1, 0.15) is 0 Å². The first kappa shape index (κ1) is 20.2. The van der Waals surface area contributed by atoms with Crippen LogP contribution < -0.4 is 10.6 Å². The minimum atomic E-state index is -4.39. The Balaban J connectivity index is 1.83. The third kappa shape index (κ3) is 5.72. The van der Waals surface area contributed by atoms with Crippen LogP contribution in [0.1, 0.15) is 36.0 Å². The highest BCUT2D eigenvalue weighted by atomic mass is 32.1. The maximum Gasteiger partial charge on any atom is 0.434 e. The Morgan fingerprint density at radius 1 is 1.23 bits per heavy atom. The van der Waals surface area contributed by atoms with Gasteiger partial charge in [-0.15, -0.1) is 11.3 Å². The minimum Gasteiger partial charge on any atom is -0.356 e. The van der Waals surface area contributed by atoms with E-state index in [-0.39, 0.29) is 12.0 Å². The Morgan fingerprint density at radius 3 is 2.50 bits per heavy atom. The van der Waals surface area contributed by atoms with Gasteiger partial charge in [-0.25, -0.2) is 4.98 Å². The van der Waals surface area contributed by atoms with Gasteiger partial charge in [0.2, 0.25) is 0 Å². The van der Waals surface area contributed by atoms with Gasteiger partial charge < -0.3 is 10.6 Å². The van der Waals surface area contributed by atoms with Crippen LogP contribution in [0, 0.1) is 0 Å². The number of aromatic nitrogens is 1. The Bertz CT molecular complexity index is 713. The van der Waals surface area contributed by atoms with Crippen molar-refractivity contribution in [3.63, 3.8) is 0 Å². The van der Waals surface area contributed by atoms with E-state index in [1.54, 1.807) is 7.05 Å². The van der Waals surface area contributed by atoms with E-state index >= 15 is 0 Å². The highest BCUT2D eigenvalue weighted by Crippen LogP contribution is 2.30. The van der Waals surface area contributed by atoms with Crippen molar-refractivity contribution in [1.29, 1.82) is 0 Å². The summed E-state index contributed by atoms with van der Waals surface area (Å²) < 4.78 is 37.7. The van der Waals surface area contributed by atoms with Gasteiger partial charge in [-0.3, -0.25) is 4.99 Å². The predicted octanol–water partition coefficient (Wildman–Crippen LogP) is 4.06. The van der Waals surface area contributed by atoms with E-state index in [2.05, 4.69) is 46.6 Å². The van der Waals surface area contributed by atoms with Gasteiger partial charge in [0.15, 0.2) is 11.7 Å². The quantitative estimate of drug-likeness (QED) is 0.583. The molecule has 8 heteroatoms. The Morgan fingerprint density at radius 2 is 1.92 bits per heavy atom. The first-order valence-electron chi connectivity index (χ1n) is 8.35. The molecule has 0 saturated heterocycles. The topological polar surface area (TPSA) is 49.3 Å². The molecule has 0 bridgehead atoms. The van der Waals surface area contributed by atoms with Crippen LogP contribution in [0.25, 0.3) is 0 Å². The molecule has 0 amide bonds. The molecular formula is C18H23F3N4S. The lowest BCUT2D eigenvalue weighted by atomic mass is 9.94. The number of nitrogens with one attached hydrogen (secondary N) is 2. The second-order valence-electron chi connectivity index (χ2n) is 6.01. The Labute approximate surface area is 155 Å². The van der Waals surface area contributed by atoms with Gasteiger partial charge in [-0.1, -0.05) is 37.3 Å². The fraction of sp³-hybridized carbons (Fsp3) is 0.444. The summed E-state index contributed by atoms with van der Waals surface area (Å²) in [7, 11) is 1.67. The molecule has 0 aliphatic carbocycles. The lowest BCUT2D eigenvalue weighted by Crippen LogP contribution is -2.44. The lowest BCUT2D eigenvalue weighted by Gasteiger charge is -2.24. The van der Waals surface area contributed by atoms with Crippen LogP contribution in [0.5, 0.6) is 0 Å². The largest absolute Gasteiger partial charge is 0.434 e. The van der Waals surface area contributed by atoms with Crippen molar-refractivity contribution in [2.24, 2.45) is 4.99 Å². The van der Waals surface area contributed by atoms with Crippen LogP contribution in [0.4, 0.5) is 13.2 Å². The standard InChI is InChI=1S/C18H23F3N4S/c1-12(14-7-5-4-6-8-14)13(2)24-17(22-3)23-10-9-16-25-15(11-26-16)18(19,20)21/h4-8,11-13H,9-10H2,1-3H3,(H2,22,23,24). The summed E-state index contributed by atoms with van der Waals surface area (Å²) in [6.45, 7) is 4.66. The second-order valence-corrected chi connectivity index (χ2v) is 6.95. The number of nitrogens with zero attached hydrogens (tertiary/aromatic N) is 2. The molecule has 0 saturated carbocycles. The van der Waals surface area contributed by atoms with Crippen molar-refractivity contribution in [1.82, 2.24) is 15.6 Å². The average Bonchev–Trinajstić information content (AvgIpc) is 3.10. The zero-order chi connectivity index (χ0) is 19.2. The van der Waals surface area contributed by atoms with Gasteiger partial charge in [0.25, 0.3) is 0 Å². The number of hydrogen-bond donors (Lipinski definition) is 2.